The normalized spacial score (nSPS) is 25.7. The van der Waals surface area contributed by atoms with Crippen LogP contribution < -0.4 is 0 Å². The summed E-state index contributed by atoms with van der Waals surface area (Å²) >= 11 is 0. The van der Waals surface area contributed by atoms with Crippen LogP contribution in [0.15, 0.2) is 36.4 Å². The van der Waals surface area contributed by atoms with Crippen molar-refractivity contribution >= 4 is 13.9 Å². The molecule has 0 bridgehead atoms. The Morgan fingerprint density at radius 1 is 1.05 bits per heavy atom. The lowest BCUT2D eigenvalue weighted by molar-refractivity contribution is -0.137. The van der Waals surface area contributed by atoms with E-state index in [-0.39, 0.29) is 22.5 Å². The molecule has 1 unspecified atom stereocenters. The van der Waals surface area contributed by atoms with Gasteiger partial charge in [0.25, 0.3) is 0 Å². The van der Waals surface area contributed by atoms with Crippen LogP contribution in [0.25, 0.3) is 5.57 Å². The van der Waals surface area contributed by atoms with Crippen LogP contribution in [0.1, 0.15) is 125 Å². The summed E-state index contributed by atoms with van der Waals surface area (Å²) in [5, 5.41) is 11.2. The molecule has 5 rings (SSSR count). The smallest absolute Gasteiger partial charge is 0.410 e. The van der Waals surface area contributed by atoms with Crippen LogP contribution in [0.2, 0.25) is 18.1 Å². The summed E-state index contributed by atoms with van der Waals surface area (Å²) in [7, 11) is -2.11. The van der Waals surface area contributed by atoms with Crippen LogP contribution >= 0.6 is 0 Å². The molecule has 1 aromatic heterocycles. The van der Waals surface area contributed by atoms with Crippen molar-refractivity contribution in [2.75, 3.05) is 0 Å². The predicted octanol–water partition coefficient (Wildman–Crippen LogP) is 9.93. The summed E-state index contributed by atoms with van der Waals surface area (Å²) in [6.45, 7) is 15.9. The average molecular weight is 586 g/mol. The fraction of sp³-hybridized carbons (Fsp3) is 0.618. The molecule has 2 atom stereocenters. The van der Waals surface area contributed by atoms with Crippen molar-refractivity contribution in [3.8, 4) is 0 Å². The van der Waals surface area contributed by atoms with Crippen LogP contribution in [0.4, 0.5) is 13.2 Å². The van der Waals surface area contributed by atoms with E-state index in [0.717, 1.165) is 62.0 Å². The van der Waals surface area contributed by atoms with Crippen LogP contribution in [0.5, 0.6) is 0 Å². The lowest BCUT2D eigenvalue weighted by Crippen LogP contribution is -2.49. The number of allylic oxidation sites excluding steroid dienone is 2. The molecular formula is C34H46F3NO2Si. The van der Waals surface area contributed by atoms with E-state index < -0.39 is 26.2 Å². The lowest BCUT2D eigenvalue weighted by atomic mass is 9.53. The highest BCUT2D eigenvalue weighted by Gasteiger charge is 2.53. The Morgan fingerprint density at radius 2 is 1.71 bits per heavy atom. The molecule has 1 N–H and O–H groups in total. The molecule has 1 heterocycles. The van der Waals surface area contributed by atoms with E-state index in [4.69, 9.17) is 9.41 Å². The molecule has 0 amide bonds. The third-order valence-electron chi connectivity index (χ3n) is 10.3. The SMILES string of the molecule is CC(C)c1cc(C2=CCCC2)c2c(n1)CC1(CC(C(O)c3ccc(C(F)(F)F)cc3)C1)C[C@@H]2O[Si](C)(C)C(C)(C)C. The summed E-state index contributed by atoms with van der Waals surface area (Å²) in [5.41, 5.74) is 6.15. The number of aromatic nitrogens is 1. The van der Waals surface area contributed by atoms with Gasteiger partial charge in [-0.3, -0.25) is 4.98 Å². The monoisotopic (exact) mass is 585 g/mol. The molecule has 2 aromatic rings. The molecule has 1 spiro atoms. The molecule has 0 aliphatic heterocycles. The maximum absolute atomic E-state index is 13.1. The Balaban J connectivity index is 1.47. The zero-order chi connectivity index (χ0) is 30.0. The topological polar surface area (TPSA) is 42.4 Å². The molecule has 1 aromatic carbocycles. The first-order valence-corrected chi connectivity index (χ1v) is 18.2. The zero-order valence-electron chi connectivity index (χ0n) is 25.7. The Hall–Kier alpha value is -1.96. The fourth-order valence-corrected chi connectivity index (χ4v) is 8.15. The quantitative estimate of drug-likeness (QED) is 0.343. The van der Waals surface area contributed by atoms with Crippen molar-refractivity contribution in [2.24, 2.45) is 11.3 Å². The van der Waals surface area contributed by atoms with Gasteiger partial charge in [-0.1, -0.05) is 52.8 Å². The van der Waals surface area contributed by atoms with Gasteiger partial charge in [0.15, 0.2) is 8.32 Å². The van der Waals surface area contributed by atoms with Crippen molar-refractivity contribution in [3.05, 3.63) is 70.0 Å². The highest BCUT2D eigenvalue weighted by Crippen LogP contribution is 2.61. The summed E-state index contributed by atoms with van der Waals surface area (Å²) in [6.07, 6.45) is 3.97. The fourth-order valence-electron chi connectivity index (χ4n) is 6.88. The Kier molecular flexibility index (Phi) is 7.91. The van der Waals surface area contributed by atoms with Gasteiger partial charge in [0.1, 0.15) is 0 Å². The van der Waals surface area contributed by atoms with Crippen LogP contribution in [-0.4, -0.2) is 18.4 Å². The second-order valence-electron chi connectivity index (χ2n) is 14.7. The second kappa shape index (κ2) is 10.6. The van der Waals surface area contributed by atoms with Crippen molar-refractivity contribution < 1.29 is 22.7 Å². The molecule has 0 saturated heterocycles. The van der Waals surface area contributed by atoms with Crippen LogP contribution in [0, 0.1) is 11.3 Å². The second-order valence-corrected chi connectivity index (χ2v) is 19.5. The first kappa shape index (κ1) is 30.5. The van der Waals surface area contributed by atoms with Crippen molar-refractivity contribution in [2.45, 2.75) is 122 Å². The molecular weight excluding hydrogens is 539 g/mol. The number of aliphatic hydroxyl groups excluding tert-OH is 1. The number of hydrogen-bond donors (Lipinski definition) is 1. The molecule has 41 heavy (non-hydrogen) atoms. The Labute approximate surface area is 244 Å². The third kappa shape index (κ3) is 5.96. The van der Waals surface area contributed by atoms with Gasteiger partial charge >= 0.3 is 6.18 Å². The number of fused-ring (bicyclic) bond motifs is 1. The van der Waals surface area contributed by atoms with Crippen molar-refractivity contribution in [3.63, 3.8) is 0 Å². The zero-order valence-corrected chi connectivity index (χ0v) is 26.7. The van der Waals surface area contributed by atoms with E-state index in [1.54, 1.807) is 0 Å². The highest BCUT2D eigenvalue weighted by atomic mass is 28.4. The number of halogens is 3. The van der Waals surface area contributed by atoms with E-state index in [1.807, 2.05) is 0 Å². The third-order valence-corrected chi connectivity index (χ3v) is 14.8. The maximum atomic E-state index is 13.1. The first-order valence-electron chi connectivity index (χ1n) is 15.3. The molecule has 3 aliphatic carbocycles. The Bertz CT molecular complexity index is 1300. The molecule has 1 saturated carbocycles. The van der Waals surface area contributed by atoms with Gasteiger partial charge in [-0.05, 0) is 115 Å². The number of alkyl halides is 3. The van der Waals surface area contributed by atoms with Crippen molar-refractivity contribution in [1.82, 2.24) is 4.98 Å². The summed E-state index contributed by atoms with van der Waals surface area (Å²) in [4.78, 5) is 5.26. The van der Waals surface area contributed by atoms with E-state index in [2.05, 4.69) is 59.9 Å². The molecule has 3 aliphatic rings. The van der Waals surface area contributed by atoms with E-state index in [0.29, 0.717) is 11.5 Å². The number of hydrogen-bond acceptors (Lipinski definition) is 3. The van der Waals surface area contributed by atoms with Gasteiger partial charge in [0, 0.05) is 17.0 Å². The minimum absolute atomic E-state index is 0.00657. The van der Waals surface area contributed by atoms with Crippen LogP contribution in [0.3, 0.4) is 0 Å². The highest BCUT2D eigenvalue weighted by molar-refractivity contribution is 6.74. The number of aliphatic hydroxyl groups is 1. The number of nitrogens with zero attached hydrogens (tertiary/aromatic N) is 1. The molecule has 0 radical (unpaired) electrons. The molecule has 1 fully saturated rings. The van der Waals surface area contributed by atoms with E-state index in [1.165, 1.54) is 35.3 Å². The van der Waals surface area contributed by atoms with Gasteiger partial charge in [0.2, 0.25) is 0 Å². The van der Waals surface area contributed by atoms with Gasteiger partial charge in [-0.2, -0.15) is 13.2 Å². The standard InChI is InChI=1S/C34H46F3NO2Si/c1-21(2)27-16-26(22-10-8-9-11-22)30-28(38-27)19-33(20-29(30)40-41(6,7)32(3,4)5)17-24(18-33)31(39)23-12-14-25(15-13-23)34(35,36)37/h10,12-16,21,24,29,31,39H,8-9,11,17-20H2,1-7H3/t24?,29-,31?,33?/m0/s1. The lowest BCUT2D eigenvalue weighted by Gasteiger charge is -2.55. The average Bonchev–Trinajstić information content (AvgIpc) is 3.39. The van der Waals surface area contributed by atoms with Crippen LogP contribution in [-0.2, 0) is 17.0 Å². The molecule has 3 nitrogen and oxygen atoms in total. The van der Waals surface area contributed by atoms with Crippen molar-refractivity contribution in [1.29, 1.82) is 0 Å². The molecule has 224 valence electrons. The number of pyridine rings is 1. The summed E-state index contributed by atoms with van der Waals surface area (Å²) in [5.74, 6) is 0.321. The van der Waals surface area contributed by atoms with Gasteiger partial charge in [0.05, 0.1) is 17.8 Å². The van der Waals surface area contributed by atoms with Gasteiger partial charge in [-0.25, -0.2) is 0 Å². The van der Waals surface area contributed by atoms with E-state index >= 15 is 0 Å². The minimum Gasteiger partial charge on any atom is -0.410 e. The summed E-state index contributed by atoms with van der Waals surface area (Å²) in [6, 6.07) is 7.32. The molecule has 7 heteroatoms. The maximum Gasteiger partial charge on any atom is 0.416 e. The van der Waals surface area contributed by atoms with Gasteiger partial charge in [-0.15, -0.1) is 0 Å². The largest absolute Gasteiger partial charge is 0.416 e. The van der Waals surface area contributed by atoms with Gasteiger partial charge < -0.3 is 9.53 Å². The predicted molar refractivity (Wildman–Crippen MR) is 161 cm³/mol. The minimum atomic E-state index is -4.38. The first-order chi connectivity index (χ1) is 19.0. The summed E-state index contributed by atoms with van der Waals surface area (Å²) < 4.78 is 46.4. The Morgan fingerprint density at radius 3 is 2.24 bits per heavy atom. The number of benzene rings is 1. The number of rotatable bonds is 6. The van der Waals surface area contributed by atoms with E-state index in [9.17, 15) is 18.3 Å².